The van der Waals surface area contributed by atoms with E-state index < -0.39 is 0 Å². The SMILES string of the molecule is CC(C)(c1ccc(OCC2CO2)cc1)c1ccc(OCC2CO2)cc1.CC(C)(c1ccc(OCCCOCC2CO2)cc1)c1ccc(OCCCOCC2CO2)cc1. The van der Waals surface area contributed by atoms with E-state index >= 15 is 0 Å². The molecule has 4 aromatic carbocycles. The molecule has 4 atom stereocenters. The summed E-state index contributed by atoms with van der Waals surface area (Å²) >= 11 is 0. The molecule has 4 aromatic rings. The third-order valence-corrected chi connectivity index (χ3v) is 10.8. The van der Waals surface area contributed by atoms with Crippen LogP contribution in [0.15, 0.2) is 97.1 Å². The van der Waals surface area contributed by atoms with Crippen LogP contribution in [0.2, 0.25) is 0 Å². The van der Waals surface area contributed by atoms with Crippen LogP contribution in [-0.4, -0.2) is 104 Å². The van der Waals surface area contributed by atoms with E-state index in [9.17, 15) is 0 Å². The highest BCUT2D eigenvalue weighted by Crippen LogP contribution is 2.35. The van der Waals surface area contributed by atoms with E-state index in [-0.39, 0.29) is 23.0 Å². The zero-order valence-electron chi connectivity index (χ0n) is 34.5. The Morgan fingerprint density at radius 3 is 0.914 bits per heavy atom. The van der Waals surface area contributed by atoms with Crippen LogP contribution in [0.5, 0.6) is 23.0 Å². The van der Waals surface area contributed by atoms with Crippen LogP contribution in [-0.2, 0) is 39.3 Å². The molecule has 10 heteroatoms. The number of hydrogen-bond acceptors (Lipinski definition) is 10. The molecule has 0 radical (unpaired) electrons. The number of epoxide rings is 4. The van der Waals surface area contributed by atoms with E-state index in [0.29, 0.717) is 65.1 Å². The van der Waals surface area contributed by atoms with Gasteiger partial charge in [0.15, 0.2) is 0 Å². The van der Waals surface area contributed by atoms with E-state index in [4.69, 9.17) is 47.4 Å². The fourth-order valence-electron chi connectivity index (χ4n) is 6.37. The van der Waals surface area contributed by atoms with Gasteiger partial charge in [-0.05, 0) is 70.8 Å². The van der Waals surface area contributed by atoms with Gasteiger partial charge in [0.05, 0.1) is 52.9 Å². The Morgan fingerprint density at radius 2 is 0.638 bits per heavy atom. The molecule has 0 bridgehead atoms. The quantitative estimate of drug-likeness (QED) is 0.0513. The zero-order valence-corrected chi connectivity index (χ0v) is 34.5. The third kappa shape index (κ3) is 13.4. The molecule has 0 aromatic heterocycles. The van der Waals surface area contributed by atoms with Crippen molar-refractivity contribution in [1.82, 2.24) is 0 Å². The van der Waals surface area contributed by atoms with Crippen LogP contribution >= 0.6 is 0 Å². The number of hydrogen-bond donors (Lipinski definition) is 0. The Hall–Kier alpha value is -4.16. The Labute approximate surface area is 343 Å². The highest BCUT2D eigenvalue weighted by molar-refractivity contribution is 5.43. The third-order valence-electron chi connectivity index (χ3n) is 10.8. The normalized spacial score (nSPS) is 20.3. The minimum atomic E-state index is -0.117. The monoisotopic (exact) mass is 796 g/mol. The molecule has 4 fully saturated rings. The van der Waals surface area contributed by atoms with Crippen LogP contribution in [0.25, 0.3) is 0 Å². The van der Waals surface area contributed by atoms with Crippen LogP contribution in [0.3, 0.4) is 0 Å². The molecule has 0 aliphatic carbocycles. The van der Waals surface area contributed by atoms with Crippen LogP contribution in [0.4, 0.5) is 0 Å². The van der Waals surface area contributed by atoms with Gasteiger partial charge in [-0.1, -0.05) is 76.2 Å². The zero-order chi connectivity index (χ0) is 40.2. The molecule has 312 valence electrons. The van der Waals surface area contributed by atoms with Crippen molar-refractivity contribution in [3.05, 3.63) is 119 Å². The Bertz CT molecular complexity index is 1660. The summed E-state index contributed by atoms with van der Waals surface area (Å²) < 4.78 is 54.8. The topological polar surface area (TPSA) is 106 Å². The van der Waals surface area contributed by atoms with E-state index in [1.165, 1.54) is 22.3 Å². The fourth-order valence-corrected chi connectivity index (χ4v) is 6.37. The van der Waals surface area contributed by atoms with Crippen LogP contribution in [0, 0.1) is 0 Å². The van der Waals surface area contributed by atoms with Gasteiger partial charge in [0.1, 0.15) is 60.6 Å². The lowest BCUT2D eigenvalue weighted by Gasteiger charge is -2.26. The lowest BCUT2D eigenvalue weighted by Crippen LogP contribution is -2.18. The standard InChI is InChI=1S/C27H36O6.C21H24O4/c1-27(2,21-5-9-23(10-6-21)30-15-3-13-28-17-25-19-32-25)22-7-11-24(12-8-22)31-16-4-14-29-18-26-20-33-26;1-21(2,15-3-7-17(8-4-15)22-11-19-13-24-19)16-5-9-18(10-6-16)23-12-20-14-25-20/h5-12,25-26H,3-4,13-20H2,1-2H3;3-10,19-20H,11-14H2,1-2H3. The van der Waals surface area contributed by atoms with Gasteiger partial charge in [0.2, 0.25) is 0 Å². The number of ether oxygens (including phenoxy) is 10. The Balaban J connectivity index is 0.000000183. The van der Waals surface area contributed by atoms with Gasteiger partial charge in [-0.25, -0.2) is 0 Å². The average Bonchev–Trinajstić information content (AvgIpc) is 4.03. The van der Waals surface area contributed by atoms with Gasteiger partial charge in [0.25, 0.3) is 0 Å². The van der Waals surface area contributed by atoms with Crippen molar-refractivity contribution in [2.75, 3.05) is 79.3 Å². The van der Waals surface area contributed by atoms with Crippen molar-refractivity contribution in [2.45, 2.75) is 75.8 Å². The van der Waals surface area contributed by atoms with Crippen molar-refractivity contribution >= 4 is 0 Å². The van der Waals surface area contributed by atoms with Crippen molar-refractivity contribution in [3.8, 4) is 23.0 Å². The second kappa shape index (κ2) is 20.2. The van der Waals surface area contributed by atoms with Gasteiger partial charge in [-0.2, -0.15) is 0 Å². The predicted molar refractivity (Wildman–Crippen MR) is 222 cm³/mol. The van der Waals surface area contributed by atoms with E-state index in [1.807, 2.05) is 48.5 Å². The molecule has 0 saturated carbocycles. The number of rotatable bonds is 24. The van der Waals surface area contributed by atoms with Gasteiger partial charge < -0.3 is 47.4 Å². The second-order valence-corrected chi connectivity index (χ2v) is 16.3. The molecule has 4 unspecified atom stereocenters. The maximum atomic E-state index is 5.85. The summed E-state index contributed by atoms with van der Waals surface area (Å²) in [5.41, 5.74) is 4.79. The molecule has 4 saturated heterocycles. The largest absolute Gasteiger partial charge is 0.494 e. The molecule has 4 aliphatic heterocycles. The summed E-state index contributed by atoms with van der Waals surface area (Å²) in [6.45, 7) is 17.6. The molecule has 8 rings (SSSR count). The maximum Gasteiger partial charge on any atom is 0.119 e. The second-order valence-electron chi connectivity index (χ2n) is 16.3. The van der Waals surface area contributed by atoms with Crippen LogP contribution in [0.1, 0.15) is 62.8 Å². The first kappa shape index (κ1) is 42.0. The molecule has 4 heterocycles. The highest BCUT2D eigenvalue weighted by Gasteiger charge is 2.27. The maximum absolute atomic E-state index is 5.85. The average molecular weight is 797 g/mol. The van der Waals surface area contributed by atoms with Gasteiger partial charge in [0, 0.05) is 36.9 Å². The first-order chi connectivity index (χ1) is 28.2. The molecule has 0 amide bonds. The first-order valence-corrected chi connectivity index (χ1v) is 20.8. The van der Waals surface area contributed by atoms with Gasteiger partial charge in [-0.3, -0.25) is 0 Å². The van der Waals surface area contributed by atoms with Crippen molar-refractivity contribution in [1.29, 1.82) is 0 Å². The fraction of sp³-hybridized carbons (Fsp3) is 0.500. The molecular formula is C48H60O10. The molecular weight excluding hydrogens is 737 g/mol. The lowest BCUT2D eigenvalue weighted by atomic mass is 9.78. The van der Waals surface area contributed by atoms with Crippen molar-refractivity contribution in [3.63, 3.8) is 0 Å². The summed E-state index contributed by atoms with van der Waals surface area (Å²) in [6, 6.07) is 33.5. The molecule has 4 aliphatic rings. The van der Waals surface area contributed by atoms with Crippen LogP contribution < -0.4 is 18.9 Å². The van der Waals surface area contributed by atoms with E-state index in [2.05, 4.69) is 76.2 Å². The van der Waals surface area contributed by atoms with E-state index in [0.717, 1.165) is 62.3 Å². The van der Waals surface area contributed by atoms with Gasteiger partial charge >= 0.3 is 0 Å². The molecule has 0 N–H and O–H groups in total. The predicted octanol–water partition coefficient (Wildman–Crippen LogP) is 7.95. The van der Waals surface area contributed by atoms with Crippen molar-refractivity contribution in [2.24, 2.45) is 0 Å². The first-order valence-electron chi connectivity index (χ1n) is 20.8. The summed E-state index contributed by atoms with van der Waals surface area (Å²) in [6.07, 6.45) is 2.95. The molecule has 58 heavy (non-hydrogen) atoms. The summed E-state index contributed by atoms with van der Waals surface area (Å²) in [5, 5.41) is 0. The lowest BCUT2D eigenvalue weighted by molar-refractivity contribution is 0.104. The summed E-state index contributed by atoms with van der Waals surface area (Å²) in [4.78, 5) is 0. The molecule has 10 nitrogen and oxygen atoms in total. The minimum absolute atomic E-state index is 0.0870. The summed E-state index contributed by atoms with van der Waals surface area (Å²) in [7, 11) is 0. The Kier molecular flexibility index (Phi) is 14.6. The Morgan fingerprint density at radius 1 is 0.379 bits per heavy atom. The van der Waals surface area contributed by atoms with Crippen molar-refractivity contribution < 1.29 is 47.4 Å². The molecule has 0 spiro atoms. The highest BCUT2D eigenvalue weighted by atomic mass is 16.6. The van der Waals surface area contributed by atoms with E-state index in [1.54, 1.807) is 0 Å². The number of benzene rings is 4. The minimum Gasteiger partial charge on any atom is -0.494 e. The summed E-state index contributed by atoms with van der Waals surface area (Å²) in [5.74, 6) is 3.55. The van der Waals surface area contributed by atoms with Gasteiger partial charge in [-0.15, -0.1) is 0 Å². The smallest absolute Gasteiger partial charge is 0.119 e.